The van der Waals surface area contributed by atoms with E-state index in [0.29, 0.717) is 10.7 Å². The molecule has 0 bridgehead atoms. The van der Waals surface area contributed by atoms with Gasteiger partial charge < -0.3 is 5.32 Å². The molecule has 1 aromatic carbocycles. The molecule has 0 aliphatic carbocycles. The van der Waals surface area contributed by atoms with Crippen molar-refractivity contribution in [2.24, 2.45) is 0 Å². The zero-order valence-electron chi connectivity index (χ0n) is 15.3. The van der Waals surface area contributed by atoms with Gasteiger partial charge in [0.05, 0.1) is 26.5 Å². The van der Waals surface area contributed by atoms with E-state index < -0.39 is 9.84 Å². The second kappa shape index (κ2) is 9.11. The molecule has 2 aromatic rings. The number of carbonyl (C=O) groups excluding carboxylic acids is 1. The first-order chi connectivity index (χ1) is 13.2. The summed E-state index contributed by atoms with van der Waals surface area (Å²) < 4.78 is 24.2. The summed E-state index contributed by atoms with van der Waals surface area (Å²) in [5.41, 5.74) is 0.308. The Morgan fingerprint density at radius 1 is 1.11 bits per heavy atom. The maximum atomic E-state index is 12.4. The number of nitrogens with zero attached hydrogens (tertiary/aromatic N) is 2. The van der Waals surface area contributed by atoms with Crippen LogP contribution in [0.2, 0.25) is 9.36 Å². The molecule has 1 amide bonds. The van der Waals surface area contributed by atoms with E-state index in [1.165, 1.54) is 23.1 Å². The highest BCUT2D eigenvalue weighted by molar-refractivity contribution is 7.90. The molecule has 1 N–H and O–H groups in total. The Labute approximate surface area is 179 Å². The van der Waals surface area contributed by atoms with E-state index in [1.807, 2.05) is 12.1 Å². The van der Waals surface area contributed by atoms with Crippen LogP contribution in [0.15, 0.2) is 35.2 Å². The third kappa shape index (κ3) is 5.92. The molecular formula is C18H21Cl2N3O3S2. The number of amides is 1. The Hall–Kier alpha value is -1.16. The zero-order chi connectivity index (χ0) is 20.3. The summed E-state index contributed by atoms with van der Waals surface area (Å²) in [5, 5.41) is 3.03. The SMILES string of the molecule is CS(=O)(=O)c1ccc(Cl)c(NC(=O)CN2CCN(Cc3ccc(Cl)s3)CC2)c1. The molecule has 1 aliphatic rings. The van der Waals surface area contributed by atoms with Crippen molar-refractivity contribution in [1.29, 1.82) is 0 Å². The summed E-state index contributed by atoms with van der Waals surface area (Å²) in [5.74, 6) is -0.217. The molecule has 152 valence electrons. The molecule has 0 unspecified atom stereocenters. The first-order valence-corrected chi connectivity index (χ1v) is 12.2. The lowest BCUT2D eigenvalue weighted by molar-refractivity contribution is -0.117. The van der Waals surface area contributed by atoms with Crippen LogP contribution >= 0.6 is 34.5 Å². The summed E-state index contributed by atoms with van der Waals surface area (Å²) in [4.78, 5) is 18.1. The van der Waals surface area contributed by atoms with Crippen molar-refractivity contribution in [3.63, 3.8) is 0 Å². The number of piperazine rings is 1. The Morgan fingerprint density at radius 3 is 2.39 bits per heavy atom. The lowest BCUT2D eigenvalue weighted by Gasteiger charge is -2.34. The van der Waals surface area contributed by atoms with Crippen LogP contribution in [0.5, 0.6) is 0 Å². The van der Waals surface area contributed by atoms with Crippen molar-refractivity contribution in [2.75, 3.05) is 44.3 Å². The van der Waals surface area contributed by atoms with E-state index in [4.69, 9.17) is 23.2 Å². The van der Waals surface area contributed by atoms with Gasteiger partial charge in [-0.2, -0.15) is 0 Å². The van der Waals surface area contributed by atoms with Gasteiger partial charge in [-0.1, -0.05) is 23.2 Å². The number of rotatable bonds is 6. The summed E-state index contributed by atoms with van der Waals surface area (Å²) in [6.45, 7) is 4.40. The van der Waals surface area contributed by atoms with Gasteiger partial charge in [-0.05, 0) is 30.3 Å². The molecule has 1 aromatic heterocycles. The highest BCUT2D eigenvalue weighted by Crippen LogP contribution is 2.25. The molecule has 0 saturated carbocycles. The normalized spacial score (nSPS) is 16.2. The van der Waals surface area contributed by atoms with E-state index >= 15 is 0 Å². The van der Waals surface area contributed by atoms with E-state index in [-0.39, 0.29) is 17.3 Å². The number of thiophene rings is 1. The minimum absolute atomic E-state index is 0.120. The van der Waals surface area contributed by atoms with Crippen molar-refractivity contribution < 1.29 is 13.2 Å². The average Bonchev–Trinajstić information content (AvgIpc) is 3.02. The number of benzene rings is 1. The first kappa shape index (κ1) is 21.5. The fourth-order valence-electron chi connectivity index (χ4n) is 2.99. The number of hydrogen-bond donors (Lipinski definition) is 1. The van der Waals surface area contributed by atoms with Crippen LogP contribution in [0.3, 0.4) is 0 Å². The molecule has 0 spiro atoms. The quantitative estimate of drug-likeness (QED) is 0.714. The molecule has 1 fully saturated rings. The molecular weight excluding hydrogens is 441 g/mol. The van der Waals surface area contributed by atoms with Crippen LogP contribution in [0, 0.1) is 0 Å². The van der Waals surface area contributed by atoms with Gasteiger partial charge in [0.25, 0.3) is 0 Å². The molecule has 10 heteroatoms. The number of halogens is 2. The fourth-order valence-corrected chi connectivity index (χ4v) is 4.93. The fraction of sp³-hybridized carbons (Fsp3) is 0.389. The monoisotopic (exact) mass is 461 g/mol. The predicted molar refractivity (Wildman–Crippen MR) is 114 cm³/mol. The second-order valence-corrected chi connectivity index (χ2v) is 10.9. The third-order valence-corrected chi connectivity index (χ3v) is 7.14. The van der Waals surface area contributed by atoms with Gasteiger partial charge in [-0.25, -0.2) is 8.42 Å². The lowest BCUT2D eigenvalue weighted by atomic mass is 10.3. The van der Waals surface area contributed by atoms with Crippen LogP contribution in [0.4, 0.5) is 5.69 Å². The number of nitrogens with one attached hydrogen (secondary N) is 1. The number of anilines is 1. The lowest BCUT2D eigenvalue weighted by Crippen LogP contribution is -2.48. The van der Waals surface area contributed by atoms with Gasteiger partial charge in [-0.15, -0.1) is 11.3 Å². The topological polar surface area (TPSA) is 69.7 Å². The Bertz CT molecular complexity index is 955. The van der Waals surface area contributed by atoms with E-state index in [0.717, 1.165) is 43.3 Å². The molecule has 2 heterocycles. The second-order valence-electron chi connectivity index (χ2n) is 6.72. The maximum Gasteiger partial charge on any atom is 0.238 e. The summed E-state index contributed by atoms with van der Waals surface area (Å²) in [6, 6.07) is 8.24. The highest BCUT2D eigenvalue weighted by atomic mass is 35.5. The highest BCUT2D eigenvalue weighted by Gasteiger charge is 2.20. The minimum atomic E-state index is -3.37. The first-order valence-electron chi connectivity index (χ1n) is 8.69. The third-order valence-electron chi connectivity index (χ3n) is 4.48. The van der Waals surface area contributed by atoms with E-state index in [9.17, 15) is 13.2 Å². The summed E-state index contributed by atoms with van der Waals surface area (Å²) in [7, 11) is -3.37. The minimum Gasteiger partial charge on any atom is -0.324 e. The number of hydrogen-bond acceptors (Lipinski definition) is 6. The molecule has 28 heavy (non-hydrogen) atoms. The molecule has 3 rings (SSSR count). The van der Waals surface area contributed by atoms with Crippen molar-refractivity contribution in [2.45, 2.75) is 11.4 Å². The van der Waals surface area contributed by atoms with Crippen LogP contribution in [-0.4, -0.2) is 63.1 Å². The number of carbonyl (C=O) groups is 1. The van der Waals surface area contributed by atoms with Gasteiger partial charge in [-0.3, -0.25) is 14.6 Å². The summed E-state index contributed by atoms with van der Waals surface area (Å²) in [6.07, 6.45) is 1.12. The van der Waals surface area contributed by atoms with Gasteiger partial charge >= 0.3 is 0 Å². The maximum absolute atomic E-state index is 12.4. The Morgan fingerprint density at radius 2 is 1.79 bits per heavy atom. The largest absolute Gasteiger partial charge is 0.324 e. The smallest absolute Gasteiger partial charge is 0.238 e. The number of sulfone groups is 1. The van der Waals surface area contributed by atoms with Crippen LogP contribution < -0.4 is 5.32 Å². The van der Waals surface area contributed by atoms with Crippen molar-refractivity contribution >= 4 is 56.0 Å². The van der Waals surface area contributed by atoms with Gasteiger partial charge in [0.1, 0.15) is 0 Å². The molecule has 1 saturated heterocycles. The van der Waals surface area contributed by atoms with E-state index in [2.05, 4.69) is 15.1 Å². The van der Waals surface area contributed by atoms with Crippen molar-refractivity contribution in [3.8, 4) is 0 Å². The standard InChI is InChI=1S/C18H21Cl2N3O3S2/c1-28(25,26)14-3-4-15(19)16(10-14)21-18(24)12-23-8-6-22(7-9-23)11-13-2-5-17(20)27-13/h2-5,10H,6-9,11-12H2,1H3,(H,21,24). The Balaban J connectivity index is 1.51. The molecule has 0 radical (unpaired) electrons. The van der Waals surface area contributed by atoms with Crippen molar-refractivity contribution in [3.05, 3.63) is 44.6 Å². The van der Waals surface area contributed by atoms with Gasteiger partial charge in [0, 0.05) is 43.9 Å². The molecule has 0 atom stereocenters. The average molecular weight is 462 g/mol. The predicted octanol–water partition coefficient (Wildman–Crippen LogP) is 3.21. The van der Waals surface area contributed by atoms with Gasteiger partial charge in [0.2, 0.25) is 5.91 Å². The van der Waals surface area contributed by atoms with Crippen molar-refractivity contribution in [1.82, 2.24) is 9.80 Å². The van der Waals surface area contributed by atoms with Gasteiger partial charge in [0.15, 0.2) is 9.84 Å². The van der Waals surface area contributed by atoms with Crippen LogP contribution in [-0.2, 0) is 21.2 Å². The Kier molecular flexibility index (Phi) is 7.01. The summed E-state index contributed by atoms with van der Waals surface area (Å²) >= 11 is 13.7. The molecule has 6 nitrogen and oxygen atoms in total. The van der Waals surface area contributed by atoms with E-state index in [1.54, 1.807) is 11.3 Å². The molecule has 1 aliphatic heterocycles. The zero-order valence-corrected chi connectivity index (χ0v) is 18.5. The van der Waals surface area contributed by atoms with Crippen LogP contribution in [0.1, 0.15) is 4.88 Å². The van der Waals surface area contributed by atoms with Crippen LogP contribution in [0.25, 0.3) is 0 Å².